The van der Waals surface area contributed by atoms with Crippen LogP contribution in [-0.2, 0) is 9.59 Å². The molecule has 2 fully saturated rings. The highest BCUT2D eigenvalue weighted by molar-refractivity contribution is 14.1. The summed E-state index contributed by atoms with van der Waals surface area (Å²) in [5.41, 5.74) is 1.64. The molecule has 0 bridgehead atoms. The van der Waals surface area contributed by atoms with Gasteiger partial charge in [-0.15, -0.1) is 0 Å². The summed E-state index contributed by atoms with van der Waals surface area (Å²) in [7, 11) is 0. The second-order valence-electron chi connectivity index (χ2n) is 6.92. The highest BCUT2D eigenvalue weighted by atomic mass is 127. The Hall–Kier alpha value is -2.00. The zero-order valence-corrected chi connectivity index (χ0v) is 16.9. The van der Waals surface area contributed by atoms with Gasteiger partial charge in [0.05, 0.1) is 38.3 Å². The van der Waals surface area contributed by atoms with Gasteiger partial charge in [-0.3, -0.25) is 9.59 Å². The van der Waals surface area contributed by atoms with E-state index in [-0.39, 0.29) is 30.1 Å². The largest absolute Gasteiger partial charge is 0.360 e. The Morgan fingerprint density at radius 3 is 2.15 bits per heavy atom. The molecule has 0 unspecified atom stereocenters. The Labute approximate surface area is 170 Å². The minimum atomic E-state index is -0.313. The highest BCUT2D eigenvalue weighted by Gasteiger charge is 2.46. The van der Waals surface area contributed by atoms with E-state index in [2.05, 4.69) is 27.5 Å². The lowest BCUT2D eigenvalue weighted by atomic mass is 10.1. The van der Waals surface area contributed by atoms with Crippen molar-refractivity contribution in [3.63, 3.8) is 0 Å². The van der Waals surface area contributed by atoms with E-state index in [1.165, 1.54) is 17.0 Å². The molecule has 4 rings (SSSR count). The minimum Gasteiger partial charge on any atom is -0.360 e. The highest BCUT2D eigenvalue weighted by Crippen LogP contribution is 2.23. The standard InChI is InChI=1S/C20H19FIN3O2/c21-14-1-5-16(6-2-14)23-9-11-24(12-10-23)18-13-19(26)25(20(18)27)17-7-3-15(22)4-8-17/h1-8,18H,9-13H2/p+1/t18-/m0/s1. The molecule has 5 nitrogen and oxygen atoms in total. The van der Waals surface area contributed by atoms with Crippen LogP contribution in [0.5, 0.6) is 0 Å². The molecule has 140 valence electrons. The lowest BCUT2D eigenvalue weighted by Crippen LogP contribution is -3.19. The number of piperazine rings is 1. The van der Waals surface area contributed by atoms with E-state index >= 15 is 0 Å². The second-order valence-corrected chi connectivity index (χ2v) is 8.17. The van der Waals surface area contributed by atoms with E-state index in [0.717, 1.165) is 40.3 Å². The maximum atomic E-state index is 13.1. The summed E-state index contributed by atoms with van der Waals surface area (Å²) >= 11 is 2.20. The van der Waals surface area contributed by atoms with Crippen molar-refractivity contribution < 1.29 is 18.9 Å². The summed E-state index contributed by atoms with van der Waals surface area (Å²) in [5.74, 6) is -0.472. The van der Waals surface area contributed by atoms with Crippen LogP contribution in [0.25, 0.3) is 0 Å². The van der Waals surface area contributed by atoms with Crippen LogP contribution in [0.2, 0.25) is 0 Å². The van der Waals surface area contributed by atoms with Gasteiger partial charge in [-0.25, -0.2) is 9.29 Å². The maximum absolute atomic E-state index is 13.1. The van der Waals surface area contributed by atoms with Gasteiger partial charge in [-0.05, 0) is 71.1 Å². The second kappa shape index (κ2) is 7.55. The van der Waals surface area contributed by atoms with Gasteiger partial charge in [0, 0.05) is 9.26 Å². The molecule has 0 radical (unpaired) electrons. The third kappa shape index (κ3) is 3.70. The Balaban J connectivity index is 1.43. The molecule has 1 N–H and O–H groups in total. The predicted molar refractivity (Wildman–Crippen MR) is 109 cm³/mol. The van der Waals surface area contributed by atoms with E-state index in [0.29, 0.717) is 5.69 Å². The van der Waals surface area contributed by atoms with Gasteiger partial charge in [-0.2, -0.15) is 0 Å². The molecular formula is C20H20FIN3O2+. The predicted octanol–water partition coefficient (Wildman–Crippen LogP) is 1.47. The fraction of sp³-hybridized carbons (Fsp3) is 0.300. The summed E-state index contributed by atoms with van der Waals surface area (Å²) in [6.07, 6.45) is 0.261. The lowest BCUT2D eigenvalue weighted by Gasteiger charge is -2.35. The summed E-state index contributed by atoms with van der Waals surface area (Å²) in [6, 6.07) is 13.6. The number of amides is 2. The summed E-state index contributed by atoms with van der Waals surface area (Å²) in [6.45, 7) is 3.12. The van der Waals surface area contributed by atoms with Crippen molar-refractivity contribution in [2.24, 2.45) is 0 Å². The summed E-state index contributed by atoms with van der Waals surface area (Å²) < 4.78 is 14.2. The molecule has 0 saturated carbocycles. The number of anilines is 2. The van der Waals surface area contributed by atoms with Crippen molar-refractivity contribution in [3.05, 3.63) is 57.9 Å². The van der Waals surface area contributed by atoms with Crippen molar-refractivity contribution in [2.45, 2.75) is 12.5 Å². The van der Waals surface area contributed by atoms with E-state index in [4.69, 9.17) is 0 Å². The Bertz CT molecular complexity index is 849. The molecule has 2 aliphatic heterocycles. The summed E-state index contributed by atoms with van der Waals surface area (Å²) in [5, 5.41) is 0. The van der Waals surface area contributed by atoms with Crippen LogP contribution in [0.3, 0.4) is 0 Å². The molecule has 0 aliphatic carbocycles. The maximum Gasteiger partial charge on any atom is 0.292 e. The van der Waals surface area contributed by atoms with E-state index in [1.54, 1.807) is 12.1 Å². The quantitative estimate of drug-likeness (QED) is 0.535. The smallest absolute Gasteiger partial charge is 0.292 e. The van der Waals surface area contributed by atoms with Crippen LogP contribution in [0, 0.1) is 9.39 Å². The first-order chi connectivity index (χ1) is 13.0. The Kier molecular flexibility index (Phi) is 5.14. The average Bonchev–Trinajstić information content (AvgIpc) is 2.98. The van der Waals surface area contributed by atoms with Crippen molar-refractivity contribution in [2.75, 3.05) is 36.0 Å². The third-order valence-electron chi connectivity index (χ3n) is 5.32. The first-order valence-electron chi connectivity index (χ1n) is 9.00. The van der Waals surface area contributed by atoms with E-state index in [1.807, 2.05) is 24.3 Å². The normalized spacial score (nSPS) is 21.2. The van der Waals surface area contributed by atoms with Crippen molar-refractivity contribution in [1.29, 1.82) is 0 Å². The number of rotatable bonds is 3. The molecule has 2 aromatic carbocycles. The van der Waals surface area contributed by atoms with E-state index < -0.39 is 0 Å². The summed E-state index contributed by atoms with van der Waals surface area (Å²) in [4.78, 5) is 30.1. The number of halogens is 2. The van der Waals surface area contributed by atoms with Gasteiger partial charge in [0.2, 0.25) is 5.91 Å². The molecule has 7 heteroatoms. The molecule has 2 aromatic rings. The number of nitrogens with one attached hydrogen (secondary N) is 1. The topological polar surface area (TPSA) is 45.1 Å². The molecule has 2 heterocycles. The number of carbonyl (C=O) groups is 2. The van der Waals surface area contributed by atoms with Gasteiger partial charge in [0.25, 0.3) is 5.91 Å². The van der Waals surface area contributed by atoms with Crippen LogP contribution in [0.4, 0.5) is 15.8 Å². The molecular weight excluding hydrogens is 460 g/mol. The number of hydrogen-bond donors (Lipinski definition) is 1. The fourth-order valence-corrected chi connectivity index (χ4v) is 4.22. The molecule has 2 aliphatic rings. The lowest BCUT2D eigenvalue weighted by molar-refractivity contribution is -0.915. The molecule has 0 aromatic heterocycles. The third-order valence-corrected chi connectivity index (χ3v) is 6.04. The van der Waals surface area contributed by atoms with Crippen LogP contribution in [-0.4, -0.2) is 44.0 Å². The Morgan fingerprint density at radius 2 is 1.52 bits per heavy atom. The minimum absolute atomic E-state index is 0.105. The molecule has 0 spiro atoms. The number of carbonyl (C=O) groups excluding carboxylic acids is 2. The van der Waals surface area contributed by atoms with Gasteiger partial charge >= 0.3 is 0 Å². The molecule has 1 atom stereocenters. The van der Waals surface area contributed by atoms with Gasteiger partial charge < -0.3 is 9.80 Å². The van der Waals surface area contributed by atoms with Gasteiger partial charge in [0.15, 0.2) is 6.04 Å². The van der Waals surface area contributed by atoms with Crippen molar-refractivity contribution in [1.82, 2.24) is 0 Å². The SMILES string of the molecule is O=C1C[C@H]([NH+]2CCN(c3ccc(F)cc3)CC2)C(=O)N1c1ccc(I)cc1. The number of imide groups is 1. The molecule has 2 saturated heterocycles. The number of nitrogens with zero attached hydrogens (tertiary/aromatic N) is 2. The number of benzene rings is 2. The molecule has 27 heavy (non-hydrogen) atoms. The first kappa shape index (κ1) is 18.4. The fourth-order valence-electron chi connectivity index (χ4n) is 3.86. The van der Waals surface area contributed by atoms with Crippen molar-refractivity contribution in [3.8, 4) is 0 Å². The first-order valence-corrected chi connectivity index (χ1v) is 10.1. The van der Waals surface area contributed by atoms with Gasteiger partial charge in [-0.1, -0.05) is 0 Å². The monoisotopic (exact) mass is 480 g/mol. The Morgan fingerprint density at radius 1 is 0.926 bits per heavy atom. The van der Waals surface area contributed by atoms with Gasteiger partial charge in [0.1, 0.15) is 5.82 Å². The number of quaternary nitrogens is 1. The van der Waals surface area contributed by atoms with Crippen molar-refractivity contribution >= 4 is 45.8 Å². The zero-order valence-electron chi connectivity index (χ0n) is 14.7. The van der Waals surface area contributed by atoms with E-state index in [9.17, 15) is 14.0 Å². The zero-order chi connectivity index (χ0) is 19.0. The van der Waals surface area contributed by atoms with Crippen LogP contribution in [0.1, 0.15) is 6.42 Å². The van der Waals surface area contributed by atoms with Crippen LogP contribution < -0.4 is 14.7 Å². The average molecular weight is 480 g/mol. The molecule has 2 amide bonds. The number of hydrogen-bond acceptors (Lipinski definition) is 3. The van der Waals surface area contributed by atoms with Crippen LogP contribution >= 0.6 is 22.6 Å². The van der Waals surface area contributed by atoms with Crippen LogP contribution in [0.15, 0.2) is 48.5 Å².